The standard InChI is InChI=1S/C19H27NO4/c1-14(13-16(21)15-7-5-12-20-15)8-9-17(22)19(4,24)11-6-10-18(2,3)23/h5-10,12-13,17,20,22-24H,11H2,1-4H3. The van der Waals surface area contributed by atoms with Crippen molar-refractivity contribution in [2.75, 3.05) is 0 Å². The van der Waals surface area contributed by atoms with Crippen molar-refractivity contribution < 1.29 is 20.1 Å². The Hall–Kier alpha value is -1.95. The molecule has 0 aliphatic rings. The minimum Gasteiger partial charge on any atom is -0.387 e. The Kier molecular flexibility index (Phi) is 6.90. The van der Waals surface area contributed by atoms with E-state index in [2.05, 4.69) is 4.98 Å². The molecule has 0 aliphatic carbocycles. The third-order valence-corrected chi connectivity index (χ3v) is 3.46. The number of H-pyrrole nitrogens is 1. The summed E-state index contributed by atoms with van der Waals surface area (Å²) in [6, 6.07) is 3.43. The number of rotatable bonds is 8. The van der Waals surface area contributed by atoms with Crippen LogP contribution in [0.25, 0.3) is 0 Å². The van der Waals surface area contributed by atoms with E-state index in [1.165, 1.54) is 19.1 Å². The number of aromatic nitrogens is 1. The topological polar surface area (TPSA) is 93.5 Å². The molecule has 0 radical (unpaired) electrons. The molecule has 0 aliphatic heterocycles. The molecule has 5 nitrogen and oxygen atoms in total. The smallest absolute Gasteiger partial charge is 0.202 e. The summed E-state index contributed by atoms with van der Waals surface area (Å²) in [6.45, 7) is 6.51. The summed E-state index contributed by atoms with van der Waals surface area (Å²) < 4.78 is 0. The number of nitrogens with one attached hydrogen (secondary N) is 1. The number of allylic oxidation sites excluding steroid dienone is 3. The summed E-state index contributed by atoms with van der Waals surface area (Å²) in [5.41, 5.74) is -1.18. The van der Waals surface area contributed by atoms with Crippen molar-refractivity contribution in [2.24, 2.45) is 0 Å². The van der Waals surface area contributed by atoms with E-state index in [0.29, 0.717) is 11.3 Å². The highest BCUT2D eigenvalue weighted by molar-refractivity contribution is 6.03. The Morgan fingerprint density at radius 2 is 2.00 bits per heavy atom. The van der Waals surface area contributed by atoms with E-state index in [0.717, 1.165) is 0 Å². The van der Waals surface area contributed by atoms with Gasteiger partial charge in [-0.15, -0.1) is 0 Å². The minimum absolute atomic E-state index is 0.156. The molecule has 4 N–H and O–H groups in total. The number of aliphatic hydroxyl groups is 3. The summed E-state index contributed by atoms with van der Waals surface area (Å²) in [7, 11) is 0. The Morgan fingerprint density at radius 3 is 2.54 bits per heavy atom. The fraction of sp³-hybridized carbons (Fsp3) is 0.421. The highest BCUT2D eigenvalue weighted by Crippen LogP contribution is 2.18. The lowest BCUT2D eigenvalue weighted by Gasteiger charge is -2.26. The number of carbonyl (C=O) groups is 1. The second kappa shape index (κ2) is 8.24. The molecule has 0 aromatic carbocycles. The molecule has 24 heavy (non-hydrogen) atoms. The van der Waals surface area contributed by atoms with Crippen LogP contribution in [0.2, 0.25) is 0 Å². The molecule has 0 amide bonds. The van der Waals surface area contributed by atoms with Gasteiger partial charge in [0.2, 0.25) is 5.78 Å². The van der Waals surface area contributed by atoms with Crippen molar-refractivity contribution in [2.45, 2.75) is 51.4 Å². The van der Waals surface area contributed by atoms with Crippen LogP contribution in [0.5, 0.6) is 0 Å². The Morgan fingerprint density at radius 1 is 1.33 bits per heavy atom. The van der Waals surface area contributed by atoms with Gasteiger partial charge in [0.15, 0.2) is 0 Å². The highest BCUT2D eigenvalue weighted by atomic mass is 16.3. The first-order valence-electron chi connectivity index (χ1n) is 7.86. The Bertz CT molecular complexity index is 616. The average Bonchev–Trinajstić information content (AvgIpc) is 2.97. The average molecular weight is 333 g/mol. The van der Waals surface area contributed by atoms with Gasteiger partial charge >= 0.3 is 0 Å². The van der Waals surface area contributed by atoms with Crippen LogP contribution in [0.4, 0.5) is 0 Å². The number of aliphatic hydroxyl groups excluding tert-OH is 1. The molecule has 5 heteroatoms. The summed E-state index contributed by atoms with van der Waals surface area (Å²) in [5.74, 6) is -0.156. The molecule has 0 fully saturated rings. The quantitative estimate of drug-likeness (QED) is 0.254. The van der Waals surface area contributed by atoms with Crippen molar-refractivity contribution in [3.05, 3.63) is 60.0 Å². The zero-order valence-electron chi connectivity index (χ0n) is 14.7. The maximum Gasteiger partial charge on any atom is 0.202 e. The van der Waals surface area contributed by atoms with Crippen LogP contribution in [0.1, 0.15) is 44.6 Å². The number of carbonyl (C=O) groups excluding carboxylic acids is 1. The number of hydrogen-bond acceptors (Lipinski definition) is 4. The zero-order valence-corrected chi connectivity index (χ0v) is 14.7. The molecule has 0 saturated carbocycles. The lowest BCUT2D eigenvalue weighted by molar-refractivity contribution is -0.0352. The first-order valence-corrected chi connectivity index (χ1v) is 7.86. The lowest BCUT2D eigenvalue weighted by atomic mass is 9.93. The van der Waals surface area contributed by atoms with Crippen LogP contribution in [0.15, 0.2) is 54.3 Å². The van der Waals surface area contributed by atoms with E-state index in [4.69, 9.17) is 0 Å². The molecule has 1 aromatic heterocycles. The molecule has 1 aromatic rings. The van der Waals surface area contributed by atoms with E-state index in [1.54, 1.807) is 57.3 Å². The molecular formula is C19H27NO4. The summed E-state index contributed by atoms with van der Waals surface area (Å²) in [5, 5.41) is 30.0. The van der Waals surface area contributed by atoms with E-state index in [9.17, 15) is 20.1 Å². The maximum absolute atomic E-state index is 11.9. The lowest BCUT2D eigenvalue weighted by Crippen LogP contribution is -2.37. The fourth-order valence-corrected chi connectivity index (χ4v) is 1.97. The van der Waals surface area contributed by atoms with E-state index < -0.39 is 17.3 Å². The molecule has 1 heterocycles. The third-order valence-electron chi connectivity index (χ3n) is 3.46. The van der Waals surface area contributed by atoms with Crippen LogP contribution in [0.3, 0.4) is 0 Å². The van der Waals surface area contributed by atoms with E-state index in [-0.39, 0.29) is 12.2 Å². The molecule has 0 saturated heterocycles. The Labute approximate surface area is 143 Å². The van der Waals surface area contributed by atoms with E-state index >= 15 is 0 Å². The fourth-order valence-electron chi connectivity index (χ4n) is 1.97. The predicted octanol–water partition coefficient (Wildman–Crippen LogP) is 2.53. The van der Waals surface area contributed by atoms with Crippen LogP contribution in [0, 0.1) is 0 Å². The number of aromatic amines is 1. The van der Waals surface area contributed by atoms with Crippen molar-refractivity contribution in [1.82, 2.24) is 4.98 Å². The van der Waals surface area contributed by atoms with Crippen LogP contribution in [-0.2, 0) is 0 Å². The molecular weight excluding hydrogens is 306 g/mol. The van der Waals surface area contributed by atoms with Gasteiger partial charge in [-0.1, -0.05) is 24.3 Å². The molecule has 0 spiro atoms. The van der Waals surface area contributed by atoms with Gasteiger partial charge in [0, 0.05) is 6.20 Å². The number of hydrogen-bond donors (Lipinski definition) is 4. The molecule has 0 bridgehead atoms. The Balaban J connectivity index is 2.67. The molecule has 132 valence electrons. The largest absolute Gasteiger partial charge is 0.387 e. The minimum atomic E-state index is -1.37. The maximum atomic E-state index is 11.9. The second-order valence-electron chi connectivity index (χ2n) is 6.76. The van der Waals surface area contributed by atoms with Crippen LogP contribution in [-0.4, -0.2) is 43.4 Å². The van der Waals surface area contributed by atoms with Gasteiger partial charge in [0.25, 0.3) is 0 Å². The summed E-state index contributed by atoms with van der Waals surface area (Å²) in [6.07, 6.45) is 8.46. The molecule has 2 unspecified atom stereocenters. The van der Waals surface area contributed by atoms with Gasteiger partial charge in [0.1, 0.15) is 6.10 Å². The first kappa shape index (κ1) is 20.1. The van der Waals surface area contributed by atoms with Crippen LogP contribution >= 0.6 is 0 Å². The highest BCUT2D eigenvalue weighted by Gasteiger charge is 2.27. The number of ketones is 1. The zero-order chi connectivity index (χ0) is 18.4. The normalized spacial score (nSPS) is 17.4. The van der Waals surface area contributed by atoms with Crippen molar-refractivity contribution in [3.63, 3.8) is 0 Å². The van der Waals surface area contributed by atoms with Gasteiger partial charge in [-0.05, 0) is 57.9 Å². The summed E-state index contributed by atoms with van der Waals surface area (Å²) in [4.78, 5) is 14.7. The van der Waals surface area contributed by atoms with Gasteiger partial charge < -0.3 is 20.3 Å². The van der Waals surface area contributed by atoms with Crippen LogP contribution < -0.4 is 0 Å². The summed E-state index contributed by atoms with van der Waals surface area (Å²) >= 11 is 0. The monoisotopic (exact) mass is 333 g/mol. The van der Waals surface area contributed by atoms with Gasteiger partial charge in [0.05, 0.1) is 16.9 Å². The van der Waals surface area contributed by atoms with Gasteiger partial charge in [-0.2, -0.15) is 0 Å². The van der Waals surface area contributed by atoms with Crippen molar-refractivity contribution in [3.8, 4) is 0 Å². The third kappa shape index (κ3) is 7.08. The van der Waals surface area contributed by atoms with Gasteiger partial charge in [-0.25, -0.2) is 0 Å². The first-order chi connectivity index (χ1) is 11.0. The predicted molar refractivity (Wildman–Crippen MR) is 94.7 cm³/mol. The molecule has 2 atom stereocenters. The van der Waals surface area contributed by atoms with E-state index in [1.807, 2.05) is 0 Å². The van der Waals surface area contributed by atoms with Gasteiger partial charge in [-0.3, -0.25) is 4.79 Å². The van der Waals surface area contributed by atoms with Crippen molar-refractivity contribution in [1.29, 1.82) is 0 Å². The molecule has 1 rings (SSSR count). The second-order valence-corrected chi connectivity index (χ2v) is 6.76. The van der Waals surface area contributed by atoms with Crippen molar-refractivity contribution >= 4 is 5.78 Å². The SMILES string of the molecule is CC(C=CC(O)C(C)(O)CC=CC(C)(C)O)=CC(=O)c1ccc[nH]1.